The quantitative estimate of drug-likeness (QED) is 0.910. The van der Waals surface area contributed by atoms with Gasteiger partial charge in [0.05, 0.1) is 5.69 Å². The van der Waals surface area contributed by atoms with E-state index in [4.69, 9.17) is 10.7 Å². The van der Waals surface area contributed by atoms with Crippen molar-refractivity contribution in [2.75, 3.05) is 18.0 Å². The molecule has 0 saturated carbocycles. The Balaban J connectivity index is 2.10. The molecule has 0 bridgehead atoms. The van der Waals surface area contributed by atoms with Crippen molar-refractivity contribution in [3.05, 3.63) is 10.6 Å². The fraction of sp³-hybridized carbons (Fsp3) is 0.786. The molecule has 0 aliphatic carbocycles. The van der Waals surface area contributed by atoms with Crippen LogP contribution in [0.5, 0.6) is 0 Å². The van der Waals surface area contributed by atoms with Crippen LogP contribution in [-0.2, 0) is 13.0 Å². The lowest BCUT2D eigenvalue weighted by Crippen LogP contribution is -2.26. The van der Waals surface area contributed by atoms with Crippen molar-refractivity contribution < 1.29 is 0 Å². The monoisotopic (exact) mass is 267 g/mol. The lowest BCUT2D eigenvalue weighted by atomic mass is 10.1. The number of hydrogen-bond donors (Lipinski definition) is 1. The summed E-state index contributed by atoms with van der Waals surface area (Å²) in [7, 11) is 0. The zero-order chi connectivity index (χ0) is 12.8. The molecule has 0 unspecified atom stereocenters. The van der Waals surface area contributed by atoms with Crippen LogP contribution in [0.1, 0.15) is 56.0 Å². The Morgan fingerprint density at radius 1 is 1.17 bits per heavy atom. The first-order valence-corrected chi connectivity index (χ1v) is 8.10. The molecule has 1 aliphatic heterocycles. The van der Waals surface area contributed by atoms with Crippen molar-refractivity contribution in [2.45, 2.75) is 58.4 Å². The minimum Gasteiger partial charge on any atom is -0.348 e. The van der Waals surface area contributed by atoms with Gasteiger partial charge in [0.25, 0.3) is 0 Å². The molecule has 0 spiro atoms. The molecule has 2 heterocycles. The molecule has 1 fully saturated rings. The Bertz CT molecular complexity index is 354. The summed E-state index contributed by atoms with van der Waals surface area (Å²) in [5.41, 5.74) is 7.07. The van der Waals surface area contributed by atoms with E-state index in [1.165, 1.54) is 60.9 Å². The number of thiazole rings is 1. The highest BCUT2D eigenvalue weighted by Gasteiger charge is 2.15. The molecule has 2 N–H and O–H groups in total. The molecule has 18 heavy (non-hydrogen) atoms. The Kier molecular flexibility index (Phi) is 5.45. The van der Waals surface area contributed by atoms with Crippen LogP contribution >= 0.6 is 11.3 Å². The molecular formula is C14H25N3S. The lowest BCUT2D eigenvalue weighted by Gasteiger charge is -2.23. The minimum atomic E-state index is 0.640. The van der Waals surface area contributed by atoms with E-state index >= 15 is 0 Å². The molecule has 1 aromatic heterocycles. The van der Waals surface area contributed by atoms with Crippen LogP contribution < -0.4 is 10.6 Å². The first-order valence-electron chi connectivity index (χ1n) is 7.28. The van der Waals surface area contributed by atoms with E-state index < -0.39 is 0 Å². The van der Waals surface area contributed by atoms with Gasteiger partial charge in [-0.25, -0.2) is 4.98 Å². The normalized spacial score (nSPS) is 17.6. The predicted molar refractivity (Wildman–Crippen MR) is 79.3 cm³/mol. The highest BCUT2D eigenvalue weighted by Crippen LogP contribution is 2.28. The van der Waals surface area contributed by atoms with Crippen molar-refractivity contribution in [3.63, 3.8) is 0 Å². The van der Waals surface area contributed by atoms with Crippen LogP contribution in [0.3, 0.4) is 0 Å². The topological polar surface area (TPSA) is 42.2 Å². The molecule has 3 nitrogen and oxygen atoms in total. The molecule has 1 aliphatic rings. The number of nitrogens with zero attached hydrogens (tertiary/aromatic N) is 2. The standard InChI is InChI=1S/C14H25N3S/c1-2-8-12-13(11-15)18-14(16-12)17-9-6-4-3-5-7-10-17/h2-11,15H2,1H3. The lowest BCUT2D eigenvalue weighted by molar-refractivity contribution is 0.555. The first-order chi connectivity index (χ1) is 8.85. The van der Waals surface area contributed by atoms with Crippen LogP contribution in [-0.4, -0.2) is 18.1 Å². The van der Waals surface area contributed by atoms with Crippen molar-refractivity contribution in [3.8, 4) is 0 Å². The summed E-state index contributed by atoms with van der Waals surface area (Å²) < 4.78 is 0. The Labute approximate surface area is 114 Å². The molecule has 0 atom stereocenters. The zero-order valence-electron chi connectivity index (χ0n) is 11.5. The average molecular weight is 267 g/mol. The average Bonchev–Trinajstić information content (AvgIpc) is 2.72. The third-order valence-electron chi connectivity index (χ3n) is 3.57. The highest BCUT2D eigenvalue weighted by atomic mass is 32.1. The number of rotatable bonds is 4. The van der Waals surface area contributed by atoms with Gasteiger partial charge < -0.3 is 10.6 Å². The fourth-order valence-corrected chi connectivity index (χ4v) is 3.57. The first kappa shape index (κ1) is 13.8. The Hall–Kier alpha value is -0.610. The van der Waals surface area contributed by atoms with E-state index in [1.807, 2.05) is 11.3 Å². The summed E-state index contributed by atoms with van der Waals surface area (Å²) in [6, 6.07) is 0. The maximum absolute atomic E-state index is 5.83. The van der Waals surface area contributed by atoms with Crippen molar-refractivity contribution in [2.24, 2.45) is 5.73 Å². The number of hydrogen-bond acceptors (Lipinski definition) is 4. The number of anilines is 1. The molecule has 2 rings (SSSR count). The van der Waals surface area contributed by atoms with Gasteiger partial charge in [0, 0.05) is 24.5 Å². The fourth-order valence-electron chi connectivity index (χ4n) is 2.54. The van der Waals surface area contributed by atoms with Crippen LogP contribution in [0.25, 0.3) is 0 Å². The summed E-state index contributed by atoms with van der Waals surface area (Å²) >= 11 is 1.81. The maximum atomic E-state index is 5.83. The van der Waals surface area contributed by atoms with Crippen molar-refractivity contribution in [1.82, 2.24) is 4.98 Å². The number of aromatic nitrogens is 1. The van der Waals surface area contributed by atoms with E-state index in [2.05, 4.69) is 11.8 Å². The second-order valence-electron chi connectivity index (χ2n) is 5.08. The summed E-state index contributed by atoms with van der Waals surface area (Å²) in [5.74, 6) is 0. The molecular weight excluding hydrogens is 242 g/mol. The number of aryl methyl sites for hydroxylation is 1. The summed E-state index contributed by atoms with van der Waals surface area (Å²) in [5, 5.41) is 1.21. The van der Waals surface area contributed by atoms with Gasteiger partial charge in [-0.1, -0.05) is 32.6 Å². The SMILES string of the molecule is CCCc1nc(N2CCCCCCC2)sc1CN. The zero-order valence-corrected chi connectivity index (χ0v) is 12.3. The van der Waals surface area contributed by atoms with Gasteiger partial charge in [-0.15, -0.1) is 11.3 Å². The highest BCUT2D eigenvalue weighted by molar-refractivity contribution is 7.15. The van der Waals surface area contributed by atoms with Gasteiger partial charge in [-0.2, -0.15) is 0 Å². The molecule has 1 saturated heterocycles. The van der Waals surface area contributed by atoms with Gasteiger partial charge >= 0.3 is 0 Å². The van der Waals surface area contributed by atoms with Crippen molar-refractivity contribution in [1.29, 1.82) is 0 Å². The van der Waals surface area contributed by atoms with Gasteiger partial charge in [0.2, 0.25) is 0 Å². The molecule has 1 aromatic rings. The van der Waals surface area contributed by atoms with Gasteiger partial charge in [0.15, 0.2) is 5.13 Å². The number of nitrogens with two attached hydrogens (primary N) is 1. The van der Waals surface area contributed by atoms with E-state index in [-0.39, 0.29) is 0 Å². The van der Waals surface area contributed by atoms with E-state index in [1.54, 1.807) is 0 Å². The summed E-state index contributed by atoms with van der Waals surface area (Å²) in [4.78, 5) is 8.59. The second-order valence-corrected chi connectivity index (χ2v) is 6.14. The van der Waals surface area contributed by atoms with Crippen LogP contribution in [0.4, 0.5) is 5.13 Å². The van der Waals surface area contributed by atoms with E-state index in [0.717, 1.165) is 12.8 Å². The second kappa shape index (κ2) is 7.10. The third-order valence-corrected chi connectivity index (χ3v) is 4.75. The van der Waals surface area contributed by atoms with Gasteiger partial charge in [-0.05, 0) is 19.3 Å². The van der Waals surface area contributed by atoms with Gasteiger partial charge in [0.1, 0.15) is 0 Å². The third kappa shape index (κ3) is 3.45. The molecule has 0 amide bonds. The Morgan fingerprint density at radius 2 is 1.83 bits per heavy atom. The van der Waals surface area contributed by atoms with Crippen LogP contribution in [0.2, 0.25) is 0 Å². The van der Waals surface area contributed by atoms with E-state index in [0.29, 0.717) is 6.54 Å². The van der Waals surface area contributed by atoms with Gasteiger partial charge in [-0.3, -0.25) is 0 Å². The smallest absolute Gasteiger partial charge is 0.185 e. The molecule has 0 radical (unpaired) electrons. The molecule has 4 heteroatoms. The largest absolute Gasteiger partial charge is 0.348 e. The van der Waals surface area contributed by atoms with Crippen molar-refractivity contribution >= 4 is 16.5 Å². The van der Waals surface area contributed by atoms with E-state index in [9.17, 15) is 0 Å². The predicted octanol–water partition coefficient (Wildman–Crippen LogP) is 3.32. The molecule has 102 valence electrons. The summed E-state index contributed by atoms with van der Waals surface area (Å²) in [6.07, 6.45) is 8.97. The Morgan fingerprint density at radius 3 is 2.44 bits per heavy atom. The van der Waals surface area contributed by atoms with Crippen LogP contribution in [0, 0.1) is 0 Å². The summed E-state index contributed by atoms with van der Waals surface area (Å²) in [6.45, 7) is 5.18. The minimum absolute atomic E-state index is 0.640. The van der Waals surface area contributed by atoms with Crippen LogP contribution in [0.15, 0.2) is 0 Å². The molecule has 0 aromatic carbocycles. The maximum Gasteiger partial charge on any atom is 0.185 e.